The zero-order chi connectivity index (χ0) is 17.8. The van der Waals surface area contributed by atoms with Crippen LogP contribution in [0.2, 0.25) is 0 Å². The van der Waals surface area contributed by atoms with Crippen LogP contribution in [-0.2, 0) is 0 Å². The lowest BCUT2D eigenvalue weighted by Gasteiger charge is -2.17. The highest BCUT2D eigenvalue weighted by atomic mass is 15.2. The van der Waals surface area contributed by atoms with Crippen molar-refractivity contribution in [2.45, 2.75) is 19.8 Å². The number of aromatic nitrogens is 4. The summed E-state index contributed by atoms with van der Waals surface area (Å²) in [5, 5.41) is 10.4. The van der Waals surface area contributed by atoms with Crippen LogP contribution in [0.3, 0.4) is 0 Å². The van der Waals surface area contributed by atoms with E-state index in [0.717, 1.165) is 41.8 Å². The molecule has 6 heteroatoms. The fraction of sp³-hybridized carbons (Fsp3) is 0.250. The molecule has 0 bridgehead atoms. The Bertz CT molecular complexity index is 894. The highest BCUT2D eigenvalue weighted by molar-refractivity contribution is 5.69. The molecule has 1 aliphatic heterocycles. The molecule has 1 saturated heterocycles. The zero-order valence-electron chi connectivity index (χ0n) is 14.8. The molecule has 0 radical (unpaired) electrons. The maximum atomic E-state index is 4.74. The van der Waals surface area contributed by atoms with Gasteiger partial charge in [0.2, 0.25) is 0 Å². The Hall–Kier alpha value is -3.15. The van der Waals surface area contributed by atoms with Crippen molar-refractivity contribution in [2.75, 3.05) is 23.3 Å². The van der Waals surface area contributed by atoms with Crippen molar-refractivity contribution < 1.29 is 0 Å². The van der Waals surface area contributed by atoms with Crippen molar-refractivity contribution in [3.05, 3.63) is 59.5 Å². The number of rotatable bonds is 5. The fourth-order valence-corrected chi connectivity index (χ4v) is 3.05. The van der Waals surface area contributed by atoms with Gasteiger partial charge in [0.15, 0.2) is 11.6 Å². The van der Waals surface area contributed by atoms with Gasteiger partial charge in [-0.3, -0.25) is 5.10 Å². The molecule has 4 rings (SSSR count). The Labute approximate surface area is 153 Å². The largest absolute Gasteiger partial charge is 0.356 e. The predicted molar refractivity (Wildman–Crippen MR) is 105 cm³/mol. The fourth-order valence-electron chi connectivity index (χ4n) is 3.05. The van der Waals surface area contributed by atoms with E-state index >= 15 is 0 Å². The molecular formula is C20H22N6. The van der Waals surface area contributed by atoms with Crippen LogP contribution >= 0.6 is 0 Å². The van der Waals surface area contributed by atoms with Gasteiger partial charge in [-0.1, -0.05) is 36.4 Å². The molecule has 1 aromatic carbocycles. The lowest BCUT2D eigenvalue weighted by Crippen LogP contribution is -2.19. The van der Waals surface area contributed by atoms with E-state index in [2.05, 4.69) is 37.5 Å². The highest BCUT2D eigenvalue weighted by Crippen LogP contribution is 2.23. The minimum Gasteiger partial charge on any atom is -0.356 e. The molecule has 0 amide bonds. The van der Waals surface area contributed by atoms with E-state index in [1.165, 1.54) is 12.8 Å². The molecule has 6 nitrogen and oxygen atoms in total. The summed E-state index contributed by atoms with van der Waals surface area (Å²) in [4.78, 5) is 11.7. The van der Waals surface area contributed by atoms with Crippen LogP contribution in [0.25, 0.3) is 12.2 Å². The first-order valence-electron chi connectivity index (χ1n) is 8.92. The molecule has 1 aliphatic rings. The molecule has 132 valence electrons. The van der Waals surface area contributed by atoms with Crippen molar-refractivity contribution in [1.29, 1.82) is 0 Å². The summed E-state index contributed by atoms with van der Waals surface area (Å²) in [6.07, 6.45) is 6.41. The molecule has 2 N–H and O–H groups in total. The third-order valence-electron chi connectivity index (χ3n) is 4.35. The van der Waals surface area contributed by atoms with E-state index in [1.807, 2.05) is 49.4 Å². The summed E-state index contributed by atoms with van der Waals surface area (Å²) >= 11 is 0. The molecule has 1 fully saturated rings. The molecule has 2 aromatic heterocycles. The molecule has 0 unspecified atom stereocenters. The minimum atomic E-state index is 0.688. The van der Waals surface area contributed by atoms with Crippen molar-refractivity contribution in [1.82, 2.24) is 20.2 Å². The van der Waals surface area contributed by atoms with Gasteiger partial charge in [-0.05, 0) is 31.4 Å². The minimum absolute atomic E-state index is 0.688. The Morgan fingerprint density at radius 3 is 2.54 bits per heavy atom. The van der Waals surface area contributed by atoms with Crippen LogP contribution in [0, 0.1) is 6.92 Å². The average Bonchev–Trinajstić information content (AvgIpc) is 3.33. The van der Waals surface area contributed by atoms with Gasteiger partial charge < -0.3 is 10.2 Å². The normalized spacial score (nSPS) is 14.3. The monoisotopic (exact) mass is 346 g/mol. The van der Waals surface area contributed by atoms with Gasteiger partial charge in [0.1, 0.15) is 11.6 Å². The Morgan fingerprint density at radius 1 is 1.00 bits per heavy atom. The van der Waals surface area contributed by atoms with E-state index in [0.29, 0.717) is 5.82 Å². The van der Waals surface area contributed by atoms with Crippen LogP contribution in [0.1, 0.15) is 29.9 Å². The number of hydrogen-bond donors (Lipinski definition) is 2. The summed E-state index contributed by atoms with van der Waals surface area (Å²) in [5.74, 6) is 3.15. The van der Waals surface area contributed by atoms with Crippen molar-refractivity contribution in [3.63, 3.8) is 0 Å². The zero-order valence-corrected chi connectivity index (χ0v) is 14.8. The van der Waals surface area contributed by atoms with E-state index in [-0.39, 0.29) is 0 Å². The average molecular weight is 346 g/mol. The van der Waals surface area contributed by atoms with Crippen LogP contribution in [0.5, 0.6) is 0 Å². The summed E-state index contributed by atoms with van der Waals surface area (Å²) in [5.41, 5.74) is 2.13. The first-order chi connectivity index (χ1) is 12.8. The van der Waals surface area contributed by atoms with Crippen molar-refractivity contribution >= 4 is 29.6 Å². The number of nitrogens with one attached hydrogen (secondary N) is 2. The quantitative estimate of drug-likeness (QED) is 0.730. The van der Waals surface area contributed by atoms with Crippen LogP contribution in [0.15, 0.2) is 42.5 Å². The SMILES string of the molecule is Cc1cc(Nc2cc(N3CCCC3)nc(C=Cc3ccccc3)n2)n[nH]1. The number of anilines is 3. The maximum absolute atomic E-state index is 4.74. The molecule has 0 atom stereocenters. The number of hydrogen-bond acceptors (Lipinski definition) is 5. The first kappa shape index (κ1) is 16.3. The third kappa shape index (κ3) is 3.91. The highest BCUT2D eigenvalue weighted by Gasteiger charge is 2.15. The molecule has 3 heterocycles. The number of H-pyrrole nitrogens is 1. The van der Waals surface area contributed by atoms with Crippen molar-refractivity contribution in [3.8, 4) is 0 Å². The summed E-state index contributed by atoms with van der Waals surface area (Å²) in [6.45, 7) is 4.06. The van der Waals surface area contributed by atoms with E-state index in [4.69, 9.17) is 4.98 Å². The molecule has 3 aromatic rings. The van der Waals surface area contributed by atoms with Gasteiger partial charge in [-0.25, -0.2) is 9.97 Å². The smallest absolute Gasteiger partial charge is 0.156 e. The molecule has 0 aliphatic carbocycles. The molecule has 26 heavy (non-hydrogen) atoms. The van der Waals surface area contributed by atoms with E-state index < -0.39 is 0 Å². The summed E-state index contributed by atoms with van der Waals surface area (Å²) in [7, 11) is 0. The van der Waals surface area contributed by atoms with Crippen LogP contribution in [-0.4, -0.2) is 33.3 Å². The Balaban J connectivity index is 1.64. The predicted octanol–water partition coefficient (Wildman–Crippen LogP) is 4.02. The van der Waals surface area contributed by atoms with Gasteiger partial charge >= 0.3 is 0 Å². The summed E-state index contributed by atoms with van der Waals surface area (Å²) in [6, 6.07) is 14.1. The number of aryl methyl sites for hydroxylation is 1. The maximum Gasteiger partial charge on any atom is 0.156 e. The second-order valence-corrected chi connectivity index (χ2v) is 6.47. The Morgan fingerprint density at radius 2 is 1.81 bits per heavy atom. The number of nitrogens with zero attached hydrogens (tertiary/aromatic N) is 4. The van der Waals surface area contributed by atoms with Gasteiger partial charge in [-0.15, -0.1) is 0 Å². The number of benzene rings is 1. The van der Waals surface area contributed by atoms with Gasteiger partial charge in [0.25, 0.3) is 0 Å². The van der Waals surface area contributed by atoms with Gasteiger partial charge in [-0.2, -0.15) is 5.10 Å². The lowest BCUT2D eigenvalue weighted by atomic mass is 10.2. The molecule has 0 spiro atoms. The molecular weight excluding hydrogens is 324 g/mol. The Kier molecular flexibility index (Phi) is 4.64. The first-order valence-corrected chi connectivity index (χ1v) is 8.92. The van der Waals surface area contributed by atoms with Gasteiger partial charge in [0, 0.05) is 30.9 Å². The van der Waals surface area contributed by atoms with Gasteiger partial charge in [0.05, 0.1) is 0 Å². The molecule has 0 saturated carbocycles. The third-order valence-corrected chi connectivity index (χ3v) is 4.35. The second kappa shape index (κ2) is 7.39. The van der Waals surface area contributed by atoms with Crippen molar-refractivity contribution in [2.24, 2.45) is 0 Å². The second-order valence-electron chi connectivity index (χ2n) is 6.47. The van der Waals surface area contributed by atoms with E-state index in [1.54, 1.807) is 0 Å². The van der Waals surface area contributed by atoms with Crippen LogP contribution < -0.4 is 10.2 Å². The topological polar surface area (TPSA) is 69.7 Å². The standard InChI is InChI=1S/C20H22N6/c1-15-13-19(25-24-15)22-18-14-20(26-11-5-6-12-26)23-17(21-18)10-9-16-7-3-2-4-8-16/h2-4,7-10,13-14H,5-6,11-12H2,1H3,(H2,21,22,23,24,25). The number of aromatic amines is 1. The van der Waals surface area contributed by atoms with Crippen LogP contribution in [0.4, 0.5) is 17.5 Å². The lowest BCUT2D eigenvalue weighted by molar-refractivity contribution is 0.924. The summed E-state index contributed by atoms with van der Waals surface area (Å²) < 4.78 is 0. The van der Waals surface area contributed by atoms with E-state index in [9.17, 15) is 0 Å².